The summed E-state index contributed by atoms with van der Waals surface area (Å²) in [6.45, 7) is 5.78. The molecule has 22 heavy (non-hydrogen) atoms. The van der Waals surface area contributed by atoms with Gasteiger partial charge in [-0.1, -0.05) is 13.0 Å². The lowest BCUT2D eigenvalue weighted by molar-refractivity contribution is -0.137. The molecule has 1 aromatic rings. The van der Waals surface area contributed by atoms with Crippen molar-refractivity contribution in [1.82, 2.24) is 5.32 Å². The van der Waals surface area contributed by atoms with Crippen LogP contribution < -0.4 is 5.32 Å². The number of carbonyl (C=O) groups is 1. The summed E-state index contributed by atoms with van der Waals surface area (Å²) in [7, 11) is 0. The molecule has 0 bridgehead atoms. The number of hydrogen-bond acceptors (Lipinski definition) is 3. The average molecular weight is 316 g/mol. The van der Waals surface area contributed by atoms with Crippen LogP contribution in [0.2, 0.25) is 0 Å². The van der Waals surface area contributed by atoms with Crippen molar-refractivity contribution in [2.24, 2.45) is 4.99 Å². The predicted molar refractivity (Wildman–Crippen MR) is 77.7 cm³/mol. The highest BCUT2D eigenvalue weighted by atomic mass is 19.4. The number of amides is 1. The highest BCUT2D eigenvalue weighted by molar-refractivity contribution is 6.04. The van der Waals surface area contributed by atoms with E-state index >= 15 is 0 Å². The van der Waals surface area contributed by atoms with Crippen molar-refractivity contribution >= 4 is 11.9 Å². The molecule has 0 radical (unpaired) electrons. The van der Waals surface area contributed by atoms with E-state index in [1.165, 1.54) is 12.1 Å². The minimum Gasteiger partial charge on any atom is -0.465 e. The number of benzene rings is 1. The third-order valence-electron chi connectivity index (χ3n) is 2.88. The van der Waals surface area contributed by atoms with Gasteiger partial charge >= 0.3 is 6.18 Å². The first kappa shape index (κ1) is 18.0. The maximum absolute atomic E-state index is 12.7. The Kier molecular flexibility index (Phi) is 6.39. The van der Waals surface area contributed by atoms with Crippen molar-refractivity contribution in [2.45, 2.75) is 39.4 Å². The van der Waals surface area contributed by atoms with Gasteiger partial charge in [-0.15, -0.1) is 0 Å². The molecule has 1 aromatic carbocycles. The minimum atomic E-state index is -4.50. The number of alkyl halides is 3. The van der Waals surface area contributed by atoms with Crippen LogP contribution in [0.1, 0.15) is 43.1 Å². The maximum atomic E-state index is 12.7. The summed E-state index contributed by atoms with van der Waals surface area (Å²) in [4.78, 5) is 16.2. The Morgan fingerprint density at radius 1 is 1.36 bits per heavy atom. The maximum Gasteiger partial charge on any atom is 0.416 e. The molecule has 0 aliphatic rings. The highest BCUT2D eigenvalue weighted by Gasteiger charge is 2.31. The number of halogens is 3. The number of carbonyl (C=O) groups excluding carboxylic acids is 1. The molecule has 4 nitrogen and oxygen atoms in total. The molecule has 0 spiro atoms. The molecule has 1 rings (SSSR count). The van der Waals surface area contributed by atoms with Gasteiger partial charge in [0.2, 0.25) is 0 Å². The Morgan fingerprint density at radius 2 is 2.05 bits per heavy atom. The Bertz CT molecular complexity index is 542. The van der Waals surface area contributed by atoms with Crippen LogP contribution >= 0.6 is 0 Å². The molecule has 0 saturated heterocycles. The third-order valence-corrected chi connectivity index (χ3v) is 2.88. The number of rotatable bonds is 4. The van der Waals surface area contributed by atoms with Gasteiger partial charge in [0.25, 0.3) is 11.9 Å². The van der Waals surface area contributed by atoms with Gasteiger partial charge in [0.05, 0.1) is 18.2 Å². The van der Waals surface area contributed by atoms with Crippen LogP contribution in [-0.4, -0.2) is 24.6 Å². The van der Waals surface area contributed by atoms with Gasteiger partial charge in [0.1, 0.15) is 0 Å². The summed E-state index contributed by atoms with van der Waals surface area (Å²) in [5, 5.41) is 2.40. The number of nitrogens with one attached hydrogen (secondary N) is 1. The molecular weight excluding hydrogens is 297 g/mol. The molecule has 0 aliphatic carbocycles. The molecular formula is C15H19F3N2O2. The largest absolute Gasteiger partial charge is 0.465 e. The van der Waals surface area contributed by atoms with Crippen molar-refractivity contribution < 1.29 is 22.7 Å². The number of aliphatic imine (C=N–C) groups is 1. The van der Waals surface area contributed by atoms with Crippen LogP contribution in [0.3, 0.4) is 0 Å². The Balaban J connectivity index is 2.93. The van der Waals surface area contributed by atoms with E-state index in [1.807, 2.05) is 13.8 Å². The molecule has 1 atom stereocenters. The van der Waals surface area contributed by atoms with E-state index < -0.39 is 17.6 Å². The standard InChI is InChI=1S/C15H19F3N2O2/c1-4-10(3)19-14(22-5-2)20-13(21)11-7-6-8-12(9-11)15(16,17)18/h6-10H,4-5H2,1-3H3,(H,19,20,21)/t10-/m1/s1. The van der Waals surface area contributed by atoms with Gasteiger partial charge < -0.3 is 4.74 Å². The normalized spacial score (nSPS) is 13.6. The number of ether oxygens (including phenoxy) is 1. The molecule has 0 heterocycles. The van der Waals surface area contributed by atoms with Gasteiger partial charge in [-0.2, -0.15) is 13.2 Å². The number of nitrogens with zero attached hydrogens (tertiary/aromatic N) is 1. The third kappa shape index (κ3) is 5.38. The van der Waals surface area contributed by atoms with Gasteiger partial charge in [0, 0.05) is 5.56 Å². The van der Waals surface area contributed by atoms with Crippen molar-refractivity contribution in [3.8, 4) is 0 Å². The van der Waals surface area contributed by atoms with Crippen LogP contribution in [0, 0.1) is 0 Å². The molecule has 0 unspecified atom stereocenters. The number of hydrogen-bond donors (Lipinski definition) is 1. The molecule has 1 N–H and O–H groups in total. The Labute approximate surface area is 127 Å². The molecule has 1 amide bonds. The quantitative estimate of drug-likeness (QED) is 0.681. The summed E-state index contributed by atoms with van der Waals surface area (Å²) in [5.41, 5.74) is -0.983. The molecule has 122 valence electrons. The lowest BCUT2D eigenvalue weighted by Crippen LogP contribution is -2.33. The van der Waals surface area contributed by atoms with Crippen LogP contribution in [0.5, 0.6) is 0 Å². The van der Waals surface area contributed by atoms with Crippen LogP contribution in [0.25, 0.3) is 0 Å². The summed E-state index contributed by atoms with van der Waals surface area (Å²) in [6.07, 6.45) is -3.75. The molecule has 7 heteroatoms. The fraction of sp³-hybridized carbons (Fsp3) is 0.467. The first-order valence-electron chi connectivity index (χ1n) is 6.97. The average Bonchev–Trinajstić information content (AvgIpc) is 2.46. The molecule has 0 saturated carbocycles. The second kappa shape index (κ2) is 7.82. The van der Waals surface area contributed by atoms with Gasteiger partial charge in [-0.3, -0.25) is 10.1 Å². The van der Waals surface area contributed by atoms with Gasteiger partial charge in [-0.05, 0) is 38.5 Å². The van der Waals surface area contributed by atoms with Gasteiger partial charge in [0.15, 0.2) is 0 Å². The van der Waals surface area contributed by atoms with E-state index in [0.29, 0.717) is 0 Å². The lowest BCUT2D eigenvalue weighted by atomic mass is 10.1. The Hall–Kier alpha value is -2.05. The number of amidine groups is 1. The van der Waals surface area contributed by atoms with E-state index in [2.05, 4.69) is 10.3 Å². The topological polar surface area (TPSA) is 50.7 Å². The fourth-order valence-corrected chi connectivity index (χ4v) is 1.54. The van der Waals surface area contributed by atoms with Crippen LogP contribution in [0.4, 0.5) is 13.2 Å². The van der Waals surface area contributed by atoms with E-state index in [0.717, 1.165) is 18.6 Å². The van der Waals surface area contributed by atoms with Gasteiger partial charge in [-0.25, -0.2) is 4.99 Å². The van der Waals surface area contributed by atoms with Crippen molar-refractivity contribution in [3.63, 3.8) is 0 Å². The van der Waals surface area contributed by atoms with E-state index in [-0.39, 0.29) is 24.2 Å². The predicted octanol–water partition coefficient (Wildman–Crippen LogP) is 3.63. The minimum absolute atomic E-state index is 0.0132. The molecule has 0 fully saturated rings. The van der Waals surface area contributed by atoms with E-state index in [4.69, 9.17) is 4.74 Å². The zero-order valence-electron chi connectivity index (χ0n) is 12.7. The van der Waals surface area contributed by atoms with Crippen LogP contribution in [-0.2, 0) is 10.9 Å². The second-order valence-electron chi connectivity index (χ2n) is 4.66. The van der Waals surface area contributed by atoms with E-state index in [9.17, 15) is 18.0 Å². The lowest BCUT2D eigenvalue weighted by Gasteiger charge is -2.12. The molecule has 0 aliphatic heterocycles. The summed E-state index contributed by atoms with van der Waals surface area (Å²) in [5.74, 6) is -0.693. The summed E-state index contributed by atoms with van der Waals surface area (Å²) >= 11 is 0. The molecule has 0 aromatic heterocycles. The van der Waals surface area contributed by atoms with Crippen molar-refractivity contribution in [1.29, 1.82) is 0 Å². The summed E-state index contributed by atoms with van der Waals surface area (Å²) < 4.78 is 43.2. The highest BCUT2D eigenvalue weighted by Crippen LogP contribution is 2.29. The zero-order chi connectivity index (χ0) is 16.8. The van der Waals surface area contributed by atoms with Crippen molar-refractivity contribution in [2.75, 3.05) is 6.61 Å². The first-order chi connectivity index (χ1) is 10.3. The smallest absolute Gasteiger partial charge is 0.416 e. The fourth-order valence-electron chi connectivity index (χ4n) is 1.54. The summed E-state index contributed by atoms with van der Waals surface area (Å²) in [6, 6.07) is 4.14. The van der Waals surface area contributed by atoms with E-state index in [1.54, 1.807) is 6.92 Å². The SMILES string of the molecule is CCOC(=N[C@H](C)CC)NC(=O)c1cccc(C(F)(F)F)c1. The second-order valence-corrected chi connectivity index (χ2v) is 4.66. The zero-order valence-corrected chi connectivity index (χ0v) is 12.7. The van der Waals surface area contributed by atoms with Crippen molar-refractivity contribution in [3.05, 3.63) is 35.4 Å². The van der Waals surface area contributed by atoms with Crippen LogP contribution in [0.15, 0.2) is 29.3 Å². The Morgan fingerprint density at radius 3 is 2.59 bits per heavy atom. The monoisotopic (exact) mass is 316 g/mol. The first-order valence-corrected chi connectivity index (χ1v) is 6.97.